The minimum atomic E-state index is 0.0748. The molecule has 0 bridgehead atoms. The van der Waals surface area contributed by atoms with Crippen molar-refractivity contribution >= 4 is 38.4 Å². The van der Waals surface area contributed by atoms with Crippen LogP contribution in [0.2, 0.25) is 0 Å². The minimum absolute atomic E-state index is 0.0748. The van der Waals surface area contributed by atoms with E-state index in [-0.39, 0.29) is 12.5 Å². The minimum Gasteiger partial charge on any atom is -0.395 e. The number of aliphatic hydroxyl groups is 1. The monoisotopic (exact) mass is 406 g/mol. The zero-order valence-electron chi connectivity index (χ0n) is 14.6. The van der Waals surface area contributed by atoms with Crippen LogP contribution in [0.1, 0.15) is 51.4 Å². The number of rotatable bonds is 6. The maximum Gasteiger partial charge on any atom is 0.224 e. The van der Waals surface area contributed by atoms with Crippen molar-refractivity contribution in [2.24, 2.45) is 5.92 Å². The van der Waals surface area contributed by atoms with E-state index in [9.17, 15) is 9.90 Å². The summed E-state index contributed by atoms with van der Waals surface area (Å²) in [7, 11) is 0. The average molecular weight is 407 g/mol. The number of aliphatic hydroxyl groups excluding tert-OH is 1. The largest absolute Gasteiger partial charge is 0.395 e. The number of carbonyl (C=O) groups is 1. The van der Waals surface area contributed by atoms with Gasteiger partial charge in [0, 0.05) is 29.0 Å². The molecule has 1 aliphatic carbocycles. The van der Waals surface area contributed by atoms with Crippen LogP contribution in [-0.2, 0) is 11.3 Å². The summed E-state index contributed by atoms with van der Waals surface area (Å²) in [6.07, 6.45) is 11.4. The SMILES string of the molecule is O=C(CCC1CCCCCC1)Nc1cn(CCO)c2cccc(Br)c12. The van der Waals surface area contributed by atoms with Crippen LogP contribution in [0.5, 0.6) is 0 Å². The van der Waals surface area contributed by atoms with Crippen molar-refractivity contribution in [1.82, 2.24) is 4.57 Å². The first kappa shape index (κ1) is 18.5. The number of anilines is 1. The molecule has 1 aromatic carbocycles. The fraction of sp³-hybridized carbons (Fsp3) is 0.550. The summed E-state index contributed by atoms with van der Waals surface area (Å²) in [6.45, 7) is 0.594. The van der Waals surface area contributed by atoms with Crippen LogP contribution in [0.4, 0.5) is 5.69 Å². The third kappa shape index (κ3) is 4.64. The molecule has 0 aliphatic heterocycles. The number of nitrogens with one attached hydrogen (secondary N) is 1. The first-order chi connectivity index (χ1) is 12.2. The molecule has 2 N–H and O–H groups in total. The van der Waals surface area contributed by atoms with Crippen LogP contribution in [0.25, 0.3) is 10.9 Å². The number of halogens is 1. The number of hydrogen-bond acceptors (Lipinski definition) is 2. The van der Waals surface area contributed by atoms with Crippen molar-refractivity contribution in [3.8, 4) is 0 Å². The van der Waals surface area contributed by atoms with Gasteiger partial charge in [0.1, 0.15) is 0 Å². The van der Waals surface area contributed by atoms with Crippen LogP contribution < -0.4 is 5.32 Å². The normalized spacial score (nSPS) is 16.1. The average Bonchev–Trinajstić information content (AvgIpc) is 2.78. The Hall–Kier alpha value is -1.33. The lowest BCUT2D eigenvalue weighted by molar-refractivity contribution is -0.116. The Kier molecular flexibility index (Phi) is 6.54. The van der Waals surface area contributed by atoms with Crippen molar-refractivity contribution in [3.63, 3.8) is 0 Å². The number of aromatic nitrogens is 1. The predicted octanol–water partition coefficient (Wildman–Crippen LogP) is 5.09. The van der Waals surface area contributed by atoms with Gasteiger partial charge < -0.3 is 15.0 Å². The molecule has 25 heavy (non-hydrogen) atoms. The zero-order chi connectivity index (χ0) is 17.6. The summed E-state index contributed by atoms with van der Waals surface area (Å²) in [4.78, 5) is 12.5. The molecule has 1 aliphatic rings. The van der Waals surface area contributed by atoms with Crippen LogP contribution in [-0.4, -0.2) is 22.2 Å². The van der Waals surface area contributed by atoms with E-state index in [2.05, 4.69) is 21.2 Å². The Balaban J connectivity index is 1.68. The van der Waals surface area contributed by atoms with E-state index in [1.807, 2.05) is 29.0 Å². The summed E-state index contributed by atoms with van der Waals surface area (Å²) in [5.74, 6) is 0.791. The van der Waals surface area contributed by atoms with E-state index in [0.29, 0.717) is 18.9 Å². The molecular formula is C20H27BrN2O2. The van der Waals surface area contributed by atoms with Gasteiger partial charge in [0.25, 0.3) is 0 Å². The van der Waals surface area contributed by atoms with E-state index in [1.165, 1.54) is 38.5 Å². The Morgan fingerprint density at radius 3 is 2.72 bits per heavy atom. The van der Waals surface area contributed by atoms with E-state index < -0.39 is 0 Å². The van der Waals surface area contributed by atoms with Gasteiger partial charge in [-0.2, -0.15) is 0 Å². The molecule has 5 heteroatoms. The predicted molar refractivity (Wildman–Crippen MR) is 106 cm³/mol. The fourth-order valence-corrected chi connectivity index (χ4v) is 4.47. The molecule has 1 fully saturated rings. The van der Waals surface area contributed by atoms with Crippen LogP contribution in [0.3, 0.4) is 0 Å². The van der Waals surface area contributed by atoms with Gasteiger partial charge in [-0.05, 0) is 24.5 Å². The first-order valence-electron chi connectivity index (χ1n) is 9.37. The highest BCUT2D eigenvalue weighted by atomic mass is 79.9. The highest BCUT2D eigenvalue weighted by Gasteiger charge is 2.16. The lowest BCUT2D eigenvalue weighted by Gasteiger charge is -2.13. The second kappa shape index (κ2) is 8.86. The van der Waals surface area contributed by atoms with Crippen molar-refractivity contribution in [1.29, 1.82) is 0 Å². The molecule has 4 nitrogen and oxygen atoms in total. The topological polar surface area (TPSA) is 54.3 Å². The van der Waals surface area contributed by atoms with Gasteiger partial charge in [-0.3, -0.25) is 4.79 Å². The van der Waals surface area contributed by atoms with Gasteiger partial charge in [0.05, 0.1) is 17.8 Å². The number of amides is 1. The van der Waals surface area contributed by atoms with Gasteiger partial charge in [0.15, 0.2) is 0 Å². The summed E-state index contributed by atoms with van der Waals surface area (Å²) >= 11 is 3.59. The van der Waals surface area contributed by atoms with Gasteiger partial charge in [-0.1, -0.05) is 60.5 Å². The third-order valence-corrected chi connectivity index (χ3v) is 5.89. The van der Waals surface area contributed by atoms with E-state index in [1.54, 1.807) is 0 Å². The summed E-state index contributed by atoms with van der Waals surface area (Å²) in [5, 5.41) is 13.4. The highest BCUT2D eigenvalue weighted by Crippen LogP contribution is 2.33. The number of benzene rings is 1. The molecule has 1 amide bonds. The Morgan fingerprint density at radius 2 is 2.00 bits per heavy atom. The number of carbonyl (C=O) groups excluding carboxylic acids is 1. The Labute approximate surface area is 157 Å². The molecule has 1 heterocycles. The van der Waals surface area contributed by atoms with E-state index in [4.69, 9.17) is 0 Å². The summed E-state index contributed by atoms with van der Waals surface area (Å²) < 4.78 is 2.95. The molecule has 3 rings (SSSR count). The number of hydrogen-bond donors (Lipinski definition) is 2. The highest BCUT2D eigenvalue weighted by molar-refractivity contribution is 9.10. The molecular weight excluding hydrogens is 380 g/mol. The fourth-order valence-electron chi connectivity index (χ4n) is 3.90. The number of nitrogens with zero attached hydrogens (tertiary/aromatic N) is 1. The second-order valence-corrected chi connectivity index (χ2v) is 7.89. The van der Waals surface area contributed by atoms with Crippen LogP contribution in [0.15, 0.2) is 28.9 Å². The van der Waals surface area contributed by atoms with Crippen LogP contribution in [0, 0.1) is 5.92 Å². The van der Waals surface area contributed by atoms with Crippen molar-refractivity contribution < 1.29 is 9.90 Å². The third-order valence-electron chi connectivity index (χ3n) is 5.22. The molecule has 2 aromatic rings. The number of fused-ring (bicyclic) bond motifs is 1. The first-order valence-corrected chi connectivity index (χ1v) is 10.2. The molecule has 0 saturated heterocycles. The summed E-state index contributed by atoms with van der Waals surface area (Å²) in [6, 6.07) is 5.96. The molecule has 1 aromatic heterocycles. The molecule has 0 radical (unpaired) electrons. The maximum absolute atomic E-state index is 12.5. The van der Waals surface area contributed by atoms with Gasteiger partial charge >= 0.3 is 0 Å². The zero-order valence-corrected chi connectivity index (χ0v) is 16.2. The molecule has 0 unspecified atom stereocenters. The quantitative estimate of drug-likeness (QED) is 0.656. The Morgan fingerprint density at radius 1 is 1.24 bits per heavy atom. The summed E-state index contributed by atoms with van der Waals surface area (Å²) in [5.41, 5.74) is 1.84. The van der Waals surface area contributed by atoms with Gasteiger partial charge in [-0.15, -0.1) is 0 Å². The standard InChI is InChI=1S/C20H27BrN2O2/c21-16-8-5-9-18-20(16)17(14-23(18)12-13-24)22-19(25)11-10-15-6-3-1-2-4-7-15/h5,8-9,14-15,24H,1-4,6-7,10-13H2,(H,22,25). The maximum atomic E-state index is 12.5. The molecule has 0 spiro atoms. The lowest BCUT2D eigenvalue weighted by Crippen LogP contribution is -2.13. The van der Waals surface area contributed by atoms with Gasteiger partial charge in [-0.25, -0.2) is 0 Å². The van der Waals surface area contributed by atoms with Crippen molar-refractivity contribution in [2.45, 2.75) is 57.9 Å². The molecule has 136 valence electrons. The van der Waals surface area contributed by atoms with Crippen LogP contribution >= 0.6 is 15.9 Å². The smallest absolute Gasteiger partial charge is 0.224 e. The van der Waals surface area contributed by atoms with Gasteiger partial charge in [0.2, 0.25) is 5.91 Å². The van der Waals surface area contributed by atoms with Crippen molar-refractivity contribution in [2.75, 3.05) is 11.9 Å². The molecule has 0 atom stereocenters. The van der Waals surface area contributed by atoms with E-state index >= 15 is 0 Å². The Bertz CT molecular complexity index is 718. The molecule has 1 saturated carbocycles. The second-order valence-electron chi connectivity index (χ2n) is 7.04. The van der Waals surface area contributed by atoms with Crippen molar-refractivity contribution in [3.05, 3.63) is 28.9 Å². The lowest BCUT2D eigenvalue weighted by atomic mass is 9.95. The van der Waals surface area contributed by atoms with E-state index in [0.717, 1.165) is 27.5 Å².